The fourth-order valence-electron chi connectivity index (χ4n) is 4.57. The molecule has 2 fully saturated rings. The van der Waals surface area contributed by atoms with Crippen molar-refractivity contribution in [2.24, 2.45) is 5.41 Å². The summed E-state index contributed by atoms with van der Waals surface area (Å²) < 4.78 is 10.5. The molecule has 1 aromatic heterocycles. The van der Waals surface area contributed by atoms with Crippen molar-refractivity contribution in [2.45, 2.75) is 32.2 Å². The summed E-state index contributed by atoms with van der Waals surface area (Å²) >= 11 is 6.10. The molecular formula is C20H25ClN4O3. The molecule has 1 atom stereocenters. The zero-order valence-electron chi connectivity index (χ0n) is 16.4. The van der Waals surface area contributed by atoms with E-state index in [2.05, 4.69) is 22.1 Å². The van der Waals surface area contributed by atoms with E-state index in [0.29, 0.717) is 22.2 Å². The molecule has 150 valence electrons. The number of piperidine rings is 1. The number of hydrogen-bond acceptors (Lipinski definition) is 6. The van der Waals surface area contributed by atoms with Gasteiger partial charge in [-0.3, -0.25) is 9.69 Å². The van der Waals surface area contributed by atoms with Crippen molar-refractivity contribution in [3.8, 4) is 5.75 Å². The largest absolute Gasteiger partial charge is 0.496 e. The minimum atomic E-state index is -0.0223. The van der Waals surface area contributed by atoms with E-state index in [9.17, 15) is 4.79 Å². The van der Waals surface area contributed by atoms with Crippen LogP contribution in [0.15, 0.2) is 22.7 Å². The number of nitrogens with zero attached hydrogens (tertiary/aromatic N) is 4. The number of carbonyl (C=O) groups excluding carboxylic acids is 1. The van der Waals surface area contributed by atoms with E-state index >= 15 is 0 Å². The van der Waals surface area contributed by atoms with Gasteiger partial charge in [0.25, 0.3) is 5.91 Å². The highest BCUT2D eigenvalue weighted by molar-refractivity contribution is 6.31. The predicted molar refractivity (Wildman–Crippen MR) is 105 cm³/mol. The number of carbonyl (C=O) groups is 1. The Hall–Kier alpha value is -2.12. The number of rotatable bonds is 3. The van der Waals surface area contributed by atoms with Gasteiger partial charge in [0.1, 0.15) is 5.75 Å². The van der Waals surface area contributed by atoms with Crippen molar-refractivity contribution in [3.05, 3.63) is 40.5 Å². The van der Waals surface area contributed by atoms with Crippen LogP contribution in [-0.4, -0.2) is 59.6 Å². The number of amides is 1. The van der Waals surface area contributed by atoms with Crippen molar-refractivity contribution in [3.63, 3.8) is 0 Å². The van der Waals surface area contributed by atoms with Gasteiger partial charge < -0.3 is 14.2 Å². The Labute approximate surface area is 169 Å². The van der Waals surface area contributed by atoms with E-state index in [4.69, 9.17) is 20.9 Å². The van der Waals surface area contributed by atoms with E-state index in [0.717, 1.165) is 44.7 Å². The molecule has 2 aliphatic heterocycles. The topological polar surface area (TPSA) is 71.7 Å². The fraction of sp³-hybridized carbons (Fsp3) is 0.550. The Bertz CT molecular complexity index is 876. The first-order valence-electron chi connectivity index (χ1n) is 9.54. The molecule has 0 radical (unpaired) electrons. The summed E-state index contributed by atoms with van der Waals surface area (Å²) in [5, 5.41) is 4.65. The number of ether oxygens (including phenoxy) is 1. The van der Waals surface area contributed by atoms with Crippen molar-refractivity contribution < 1.29 is 14.1 Å². The van der Waals surface area contributed by atoms with Gasteiger partial charge in [0, 0.05) is 31.6 Å². The number of hydrogen-bond donors (Lipinski definition) is 0. The van der Waals surface area contributed by atoms with Crippen LogP contribution >= 0.6 is 11.6 Å². The predicted octanol–water partition coefficient (Wildman–Crippen LogP) is 3.34. The molecule has 0 aliphatic carbocycles. The molecule has 1 aromatic carbocycles. The van der Waals surface area contributed by atoms with Gasteiger partial charge in [-0.15, -0.1) is 0 Å². The van der Waals surface area contributed by atoms with Crippen LogP contribution in [0.2, 0.25) is 5.02 Å². The zero-order chi connectivity index (χ0) is 19.9. The Morgan fingerprint density at radius 3 is 2.75 bits per heavy atom. The Balaban J connectivity index is 1.45. The highest BCUT2D eigenvalue weighted by Gasteiger charge is 2.46. The van der Waals surface area contributed by atoms with Gasteiger partial charge in [-0.25, -0.2) is 0 Å². The molecular weight excluding hydrogens is 380 g/mol. The maximum absolute atomic E-state index is 13.0. The SMILES string of the molecule is COc1ccc(Cl)cc1C(=O)N1CCC2(CC1)CC(c1noc(C)n1)N(C)C2. The van der Waals surface area contributed by atoms with Gasteiger partial charge in [0.15, 0.2) is 5.82 Å². The molecule has 0 bridgehead atoms. The van der Waals surface area contributed by atoms with Gasteiger partial charge in [0.05, 0.1) is 18.7 Å². The Morgan fingerprint density at radius 1 is 1.36 bits per heavy atom. The van der Waals surface area contributed by atoms with Crippen LogP contribution in [0.4, 0.5) is 0 Å². The van der Waals surface area contributed by atoms with Gasteiger partial charge in [0.2, 0.25) is 5.89 Å². The molecule has 7 nitrogen and oxygen atoms in total. The summed E-state index contributed by atoms with van der Waals surface area (Å²) in [7, 11) is 3.68. The molecule has 0 saturated carbocycles. The lowest BCUT2D eigenvalue weighted by molar-refractivity contribution is 0.0590. The summed E-state index contributed by atoms with van der Waals surface area (Å²) in [6.07, 6.45) is 2.91. The van der Waals surface area contributed by atoms with Gasteiger partial charge >= 0.3 is 0 Å². The molecule has 3 heterocycles. The lowest BCUT2D eigenvalue weighted by Gasteiger charge is -2.39. The summed E-state index contributed by atoms with van der Waals surface area (Å²) in [5.74, 6) is 1.90. The summed E-state index contributed by atoms with van der Waals surface area (Å²) in [6, 6.07) is 5.33. The minimum absolute atomic E-state index is 0.0223. The highest BCUT2D eigenvalue weighted by Crippen LogP contribution is 2.47. The summed E-state index contributed by atoms with van der Waals surface area (Å²) in [4.78, 5) is 21.7. The second-order valence-corrected chi connectivity index (χ2v) is 8.38. The number of aryl methyl sites for hydroxylation is 1. The van der Waals surface area contributed by atoms with E-state index in [-0.39, 0.29) is 17.4 Å². The van der Waals surface area contributed by atoms with Gasteiger partial charge in [-0.2, -0.15) is 4.98 Å². The molecule has 28 heavy (non-hydrogen) atoms. The van der Waals surface area contributed by atoms with Crippen LogP contribution < -0.4 is 4.74 Å². The van der Waals surface area contributed by atoms with Gasteiger partial charge in [-0.1, -0.05) is 16.8 Å². The lowest BCUT2D eigenvalue weighted by atomic mass is 9.76. The smallest absolute Gasteiger partial charge is 0.257 e. The number of likely N-dealkylation sites (tertiary alicyclic amines) is 2. The number of halogens is 1. The second kappa shape index (κ2) is 7.37. The first-order chi connectivity index (χ1) is 13.4. The number of benzene rings is 1. The van der Waals surface area contributed by atoms with E-state index in [1.54, 1.807) is 25.3 Å². The third-order valence-corrected chi connectivity index (χ3v) is 6.32. The molecule has 2 aliphatic rings. The monoisotopic (exact) mass is 404 g/mol. The van der Waals surface area contributed by atoms with E-state index in [1.807, 2.05) is 11.8 Å². The normalized spacial score (nSPS) is 22.0. The van der Waals surface area contributed by atoms with Crippen LogP contribution in [0.5, 0.6) is 5.75 Å². The molecule has 0 N–H and O–H groups in total. The maximum atomic E-state index is 13.0. The molecule has 2 aromatic rings. The maximum Gasteiger partial charge on any atom is 0.257 e. The molecule has 8 heteroatoms. The van der Waals surface area contributed by atoms with Crippen molar-refractivity contribution >= 4 is 17.5 Å². The van der Waals surface area contributed by atoms with Crippen LogP contribution in [0.3, 0.4) is 0 Å². The third-order valence-electron chi connectivity index (χ3n) is 6.09. The molecule has 1 spiro atoms. The van der Waals surface area contributed by atoms with Crippen molar-refractivity contribution in [1.82, 2.24) is 19.9 Å². The van der Waals surface area contributed by atoms with Gasteiger partial charge in [-0.05, 0) is 49.9 Å². The van der Waals surface area contributed by atoms with Crippen LogP contribution in [0.1, 0.15) is 47.4 Å². The van der Waals surface area contributed by atoms with E-state index in [1.165, 1.54) is 0 Å². The average molecular weight is 405 g/mol. The quantitative estimate of drug-likeness (QED) is 0.781. The number of methoxy groups -OCH3 is 1. The third kappa shape index (κ3) is 3.49. The molecule has 4 rings (SSSR count). The minimum Gasteiger partial charge on any atom is -0.496 e. The second-order valence-electron chi connectivity index (χ2n) is 7.94. The van der Waals surface area contributed by atoms with Crippen LogP contribution in [-0.2, 0) is 0 Å². The standard InChI is InChI=1S/C20H25ClN4O3/c1-13-22-18(23-28-13)16-11-20(12-24(16)2)6-8-25(9-7-20)19(26)15-10-14(21)4-5-17(15)27-3/h4-5,10,16H,6-9,11-12H2,1-3H3. The van der Waals surface area contributed by atoms with Crippen LogP contribution in [0.25, 0.3) is 0 Å². The first kappa shape index (κ1) is 19.2. The Kier molecular flexibility index (Phi) is 5.05. The van der Waals surface area contributed by atoms with Crippen LogP contribution in [0, 0.1) is 12.3 Å². The zero-order valence-corrected chi connectivity index (χ0v) is 17.2. The number of aromatic nitrogens is 2. The summed E-state index contributed by atoms with van der Waals surface area (Å²) in [6.45, 7) is 4.24. The molecule has 1 unspecified atom stereocenters. The molecule has 1 amide bonds. The van der Waals surface area contributed by atoms with Crippen molar-refractivity contribution in [2.75, 3.05) is 33.8 Å². The average Bonchev–Trinajstić information content (AvgIpc) is 3.25. The first-order valence-corrected chi connectivity index (χ1v) is 9.92. The lowest BCUT2D eigenvalue weighted by Crippen LogP contribution is -2.44. The Morgan fingerprint density at radius 2 is 2.11 bits per heavy atom. The van der Waals surface area contributed by atoms with Crippen molar-refractivity contribution in [1.29, 1.82) is 0 Å². The highest BCUT2D eigenvalue weighted by atomic mass is 35.5. The summed E-state index contributed by atoms with van der Waals surface area (Å²) in [5.41, 5.74) is 0.706. The fourth-order valence-corrected chi connectivity index (χ4v) is 4.74. The van der Waals surface area contributed by atoms with E-state index < -0.39 is 0 Å². The molecule has 2 saturated heterocycles.